The summed E-state index contributed by atoms with van der Waals surface area (Å²) in [5.41, 5.74) is 0.00909. The van der Waals surface area contributed by atoms with Crippen LogP contribution in [0.4, 0.5) is 0 Å². The van der Waals surface area contributed by atoms with Crippen molar-refractivity contribution >= 4 is 16.7 Å². The molecule has 0 bridgehead atoms. The summed E-state index contributed by atoms with van der Waals surface area (Å²) >= 11 is 0. The minimum atomic E-state index is -0.494. The molecule has 8 nitrogen and oxygen atoms in total. The first-order chi connectivity index (χ1) is 14.0. The molecule has 2 heterocycles. The van der Waals surface area contributed by atoms with Crippen LogP contribution in [0.15, 0.2) is 76.6 Å². The number of hydrogen-bond acceptors (Lipinski definition) is 4. The topological polar surface area (TPSA) is 102 Å². The number of hydrogen-bond donors (Lipinski definition) is 2. The first kappa shape index (κ1) is 18.4. The highest BCUT2D eigenvalue weighted by Crippen LogP contribution is 2.20. The van der Waals surface area contributed by atoms with Crippen LogP contribution < -0.4 is 16.4 Å². The first-order valence-electron chi connectivity index (χ1n) is 9.08. The number of rotatable bonds is 5. The molecule has 0 spiro atoms. The second kappa shape index (κ2) is 7.59. The summed E-state index contributed by atoms with van der Waals surface area (Å²) in [7, 11) is 1.84. The van der Waals surface area contributed by atoms with Gasteiger partial charge < -0.3 is 9.88 Å². The molecule has 4 rings (SSSR count). The monoisotopic (exact) mass is 389 g/mol. The molecule has 0 aliphatic carbocycles. The van der Waals surface area contributed by atoms with Crippen LogP contribution in [0.1, 0.15) is 17.4 Å². The largest absolute Gasteiger partial charge is 0.340 e. The van der Waals surface area contributed by atoms with E-state index in [0.29, 0.717) is 11.2 Å². The smallest absolute Gasteiger partial charge is 0.273 e. The molecule has 4 aromatic rings. The predicted molar refractivity (Wildman–Crippen MR) is 108 cm³/mol. The zero-order valence-corrected chi connectivity index (χ0v) is 15.7. The average Bonchev–Trinajstić information content (AvgIpc) is 3.16. The zero-order valence-electron chi connectivity index (χ0n) is 15.7. The summed E-state index contributed by atoms with van der Waals surface area (Å²) in [6.07, 6.45) is 3.45. The molecule has 1 atom stereocenters. The second-order valence-corrected chi connectivity index (χ2v) is 6.69. The highest BCUT2D eigenvalue weighted by Gasteiger charge is 2.21. The number of aromatic amines is 1. The molecule has 0 saturated carbocycles. The average molecular weight is 389 g/mol. The second-order valence-electron chi connectivity index (χ2n) is 6.69. The highest BCUT2D eigenvalue weighted by atomic mass is 16.2. The van der Waals surface area contributed by atoms with E-state index in [1.54, 1.807) is 36.7 Å². The molecular weight excluding hydrogens is 370 g/mol. The van der Waals surface area contributed by atoms with Crippen LogP contribution in [0, 0.1) is 0 Å². The number of aromatic nitrogens is 4. The predicted octanol–water partition coefficient (Wildman–Crippen LogP) is 1.33. The summed E-state index contributed by atoms with van der Waals surface area (Å²) in [6.45, 7) is -0.313. The number of imidazole rings is 1. The van der Waals surface area contributed by atoms with Gasteiger partial charge in [-0.2, -0.15) is 0 Å². The van der Waals surface area contributed by atoms with Crippen molar-refractivity contribution in [3.63, 3.8) is 0 Å². The highest BCUT2D eigenvalue weighted by molar-refractivity contribution is 5.81. The van der Waals surface area contributed by atoms with Crippen LogP contribution in [0.25, 0.3) is 10.8 Å². The van der Waals surface area contributed by atoms with E-state index in [0.717, 1.165) is 10.2 Å². The van der Waals surface area contributed by atoms with Crippen molar-refractivity contribution < 1.29 is 4.79 Å². The standard InChI is InChI=1S/C21H19N5O3/c1-25-12-11-22-19(25)18(14-7-3-2-4-8-14)23-17(27)13-26-21(29)16-10-6-5-9-15(16)20(28)24-26/h2-12,18H,13H2,1H3,(H,23,27)(H,24,28). The van der Waals surface area contributed by atoms with Gasteiger partial charge in [-0.25, -0.2) is 9.67 Å². The molecule has 0 fully saturated rings. The van der Waals surface area contributed by atoms with E-state index >= 15 is 0 Å². The van der Waals surface area contributed by atoms with Crippen LogP contribution in [-0.4, -0.2) is 25.2 Å². The maximum atomic E-state index is 12.8. The summed E-state index contributed by atoms with van der Waals surface area (Å²) in [4.78, 5) is 42.0. The molecule has 2 aromatic carbocycles. The normalized spacial score (nSPS) is 12.0. The Morgan fingerprint density at radius 3 is 2.45 bits per heavy atom. The number of carbonyl (C=O) groups is 1. The van der Waals surface area contributed by atoms with Gasteiger partial charge >= 0.3 is 0 Å². The van der Waals surface area contributed by atoms with E-state index in [-0.39, 0.29) is 11.9 Å². The third-order valence-corrected chi connectivity index (χ3v) is 4.74. The van der Waals surface area contributed by atoms with Gasteiger partial charge in [0.15, 0.2) is 0 Å². The van der Waals surface area contributed by atoms with Crippen LogP contribution in [-0.2, 0) is 18.4 Å². The molecule has 1 unspecified atom stereocenters. The SMILES string of the molecule is Cn1ccnc1C(NC(=O)Cn1[nH]c(=O)c2ccccc2c1=O)c1ccccc1. The van der Waals surface area contributed by atoms with Gasteiger partial charge in [0.2, 0.25) is 5.91 Å². The molecule has 2 aromatic heterocycles. The number of carbonyl (C=O) groups excluding carboxylic acids is 1. The lowest BCUT2D eigenvalue weighted by Crippen LogP contribution is -2.38. The fraction of sp³-hybridized carbons (Fsp3) is 0.143. The third kappa shape index (κ3) is 3.60. The van der Waals surface area contributed by atoms with Crippen molar-refractivity contribution in [1.82, 2.24) is 24.6 Å². The van der Waals surface area contributed by atoms with Gasteiger partial charge in [-0.1, -0.05) is 42.5 Å². The van der Waals surface area contributed by atoms with Crippen LogP contribution in [0.5, 0.6) is 0 Å². The molecular formula is C21H19N5O3. The van der Waals surface area contributed by atoms with E-state index in [1.165, 1.54) is 0 Å². The fourth-order valence-electron chi connectivity index (χ4n) is 3.31. The van der Waals surface area contributed by atoms with Gasteiger partial charge in [0.25, 0.3) is 11.1 Å². The fourth-order valence-corrected chi connectivity index (χ4v) is 3.31. The van der Waals surface area contributed by atoms with Crippen LogP contribution in [0.2, 0.25) is 0 Å². The Bertz CT molecular complexity index is 1290. The number of nitrogens with one attached hydrogen (secondary N) is 2. The van der Waals surface area contributed by atoms with Gasteiger partial charge in [-0.15, -0.1) is 0 Å². The summed E-state index contributed by atoms with van der Waals surface area (Å²) in [5.74, 6) is 0.235. The molecule has 146 valence electrons. The molecule has 0 radical (unpaired) electrons. The van der Waals surface area contributed by atoms with Crippen LogP contribution in [0.3, 0.4) is 0 Å². The number of amides is 1. The molecule has 0 aliphatic rings. The number of H-pyrrole nitrogens is 1. The minimum absolute atomic E-state index is 0.271. The minimum Gasteiger partial charge on any atom is -0.340 e. The van der Waals surface area contributed by atoms with Crippen molar-refractivity contribution in [2.45, 2.75) is 12.6 Å². The van der Waals surface area contributed by atoms with E-state index in [9.17, 15) is 14.4 Å². The summed E-state index contributed by atoms with van der Waals surface area (Å²) < 4.78 is 2.85. The van der Waals surface area contributed by atoms with Crippen LogP contribution >= 0.6 is 0 Å². The lowest BCUT2D eigenvalue weighted by Gasteiger charge is -2.19. The van der Waals surface area contributed by atoms with Crippen molar-refractivity contribution in [2.75, 3.05) is 0 Å². The van der Waals surface area contributed by atoms with Crippen molar-refractivity contribution in [3.05, 3.63) is 99.1 Å². The molecule has 29 heavy (non-hydrogen) atoms. The zero-order chi connectivity index (χ0) is 20.4. The Morgan fingerprint density at radius 2 is 1.76 bits per heavy atom. The summed E-state index contributed by atoms with van der Waals surface area (Å²) in [6, 6.07) is 15.4. The van der Waals surface area contributed by atoms with Crippen molar-refractivity contribution in [2.24, 2.45) is 7.05 Å². The van der Waals surface area contributed by atoms with E-state index in [4.69, 9.17) is 0 Å². The maximum Gasteiger partial charge on any atom is 0.273 e. The number of fused-ring (bicyclic) bond motifs is 1. The Morgan fingerprint density at radius 1 is 1.07 bits per heavy atom. The van der Waals surface area contributed by atoms with E-state index < -0.39 is 23.1 Å². The van der Waals surface area contributed by atoms with Gasteiger partial charge in [0.05, 0.1) is 10.8 Å². The number of aryl methyl sites for hydroxylation is 1. The Balaban J connectivity index is 1.65. The van der Waals surface area contributed by atoms with Gasteiger partial charge in [-0.3, -0.25) is 19.5 Å². The third-order valence-electron chi connectivity index (χ3n) is 4.74. The van der Waals surface area contributed by atoms with Crippen molar-refractivity contribution in [3.8, 4) is 0 Å². The molecule has 1 amide bonds. The van der Waals surface area contributed by atoms with Crippen molar-refractivity contribution in [1.29, 1.82) is 0 Å². The first-order valence-corrected chi connectivity index (χ1v) is 9.08. The van der Waals surface area contributed by atoms with Gasteiger partial charge in [0, 0.05) is 19.4 Å². The lowest BCUT2D eigenvalue weighted by atomic mass is 10.1. The van der Waals surface area contributed by atoms with Gasteiger partial charge in [0.1, 0.15) is 18.4 Å². The number of benzene rings is 2. The Hall–Kier alpha value is -3.94. The molecule has 0 aliphatic heterocycles. The van der Waals surface area contributed by atoms with Gasteiger partial charge in [-0.05, 0) is 17.7 Å². The number of nitrogens with zero attached hydrogens (tertiary/aromatic N) is 3. The lowest BCUT2D eigenvalue weighted by molar-refractivity contribution is -0.122. The summed E-state index contributed by atoms with van der Waals surface area (Å²) in [5, 5.41) is 5.96. The Kier molecular flexibility index (Phi) is 4.82. The van der Waals surface area contributed by atoms with E-state index in [1.807, 2.05) is 41.9 Å². The van der Waals surface area contributed by atoms with E-state index in [2.05, 4.69) is 15.4 Å². The molecule has 2 N–H and O–H groups in total. The quantitative estimate of drug-likeness (QED) is 0.538. The Labute approximate surface area is 165 Å². The molecule has 8 heteroatoms. The maximum absolute atomic E-state index is 12.8. The molecule has 0 saturated heterocycles.